The molecule has 29 heavy (non-hydrogen) atoms. The van der Waals surface area contributed by atoms with E-state index in [1.165, 1.54) is 18.2 Å². The Balaban J connectivity index is 1.75. The fraction of sp³-hybridized carbons (Fsp3) is 0.409. The Morgan fingerprint density at radius 3 is 2.14 bits per heavy atom. The number of guanidine groups is 1. The van der Waals surface area contributed by atoms with Crippen molar-refractivity contribution in [3.05, 3.63) is 65.2 Å². The van der Waals surface area contributed by atoms with E-state index >= 15 is 0 Å². The Bertz CT molecular complexity index is 889. The van der Waals surface area contributed by atoms with Gasteiger partial charge in [0.1, 0.15) is 0 Å². The Morgan fingerprint density at radius 1 is 0.966 bits per heavy atom. The first-order chi connectivity index (χ1) is 13.9. The van der Waals surface area contributed by atoms with E-state index in [4.69, 9.17) is 0 Å². The van der Waals surface area contributed by atoms with Crippen LogP contribution in [0.1, 0.15) is 42.9 Å². The number of benzene rings is 2. The quantitative estimate of drug-likeness (QED) is 0.333. The van der Waals surface area contributed by atoms with Crippen LogP contribution in [0.15, 0.2) is 58.4 Å². The molecule has 2 rings (SSSR count). The van der Waals surface area contributed by atoms with Crippen LogP contribution in [-0.4, -0.2) is 35.0 Å². The first-order valence-electron chi connectivity index (χ1n) is 9.91. The number of aryl methyl sites for hydroxylation is 1. The summed E-state index contributed by atoms with van der Waals surface area (Å²) in [6, 6.07) is 15.6. The summed E-state index contributed by atoms with van der Waals surface area (Å²) in [5.74, 6) is 1.29. The maximum atomic E-state index is 11.8. The van der Waals surface area contributed by atoms with Crippen LogP contribution in [0.2, 0.25) is 0 Å². The molecule has 0 atom stereocenters. The number of nitrogens with one attached hydrogen (secondary N) is 3. The van der Waals surface area contributed by atoms with Gasteiger partial charge in [-0.1, -0.05) is 50.2 Å². The molecular formula is C22H32N4O2S. The highest BCUT2D eigenvalue weighted by Crippen LogP contribution is 2.15. The highest BCUT2D eigenvalue weighted by molar-refractivity contribution is 7.89. The molecule has 0 aliphatic heterocycles. The van der Waals surface area contributed by atoms with E-state index in [-0.39, 0.29) is 4.90 Å². The van der Waals surface area contributed by atoms with Crippen LogP contribution < -0.4 is 15.4 Å². The van der Waals surface area contributed by atoms with Gasteiger partial charge in [-0.25, -0.2) is 13.1 Å². The number of rotatable bonds is 9. The minimum atomic E-state index is -3.40. The number of hydrogen-bond donors (Lipinski definition) is 3. The van der Waals surface area contributed by atoms with Gasteiger partial charge >= 0.3 is 0 Å². The third kappa shape index (κ3) is 7.18. The molecule has 0 fully saturated rings. The van der Waals surface area contributed by atoms with E-state index in [0.717, 1.165) is 30.9 Å². The molecule has 2 aromatic carbocycles. The van der Waals surface area contributed by atoms with Crippen molar-refractivity contribution in [2.45, 2.75) is 44.0 Å². The molecule has 0 radical (unpaired) electrons. The van der Waals surface area contributed by atoms with E-state index in [0.29, 0.717) is 12.5 Å². The largest absolute Gasteiger partial charge is 0.356 e. The van der Waals surface area contributed by atoms with Crippen LogP contribution >= 0.6 is 0 Å². The molecule has 0 saturated heterocycles. The van der Waals surface area contributed by atoms with Crippen LogP contribution in [0.5, 0.6) is 0 Å². The van der Waals surface area contributed by atoms with E-state index in [9.17, 15) is 8.42 Å². The van der Waals surface area contributed by atoms with E-state index in [1.807, 2.05) is 0 Å². The first kappa shape index (κ1) is 22.9. The van der Waals surface area contributed by atoms with Gasteiger partial charge in [-0.05, 0) is 54.6 Å². The average molecular weight is 417 g/mol. The van der Waals surface area contributed by atoms with Crippen molar-refractivity contribution in [2.75, 3.05) is 20.6 Å². The highest BCUT2D eigenvalue weighted by Gasteiger charge is 2.10. The third-order valence-electron chi connectivity index (χ3n) is 4.77. The van der Waals surface area contributed by atoms with Crippen molar-refractivity contribution in [2.24, 2.45) is 4.99 Å². The normalized spacial score (nSPS) is 12.2. The molecular weight excluding hydrogens is 384 g/mol. The van der Waals surface area contributed by atoms with Crippen LogP contribution in [0.25, 0.3) is 0 Å². The lowest BCUT2D eigenvalue weighted by molar-refractivity contribution is 0.588. The highest BCUT2D eigenvalue weighted by atomic mass is 32.2. The second-order valence-electron chi connectivity index (χ2n) is 7.20. The number of aliphatic imine (C=N–C) groups is 1. The fourth-order valence-corrected chi connectivity index (χ4v) is 3.61. The van der Waals surface area contributed by atoms with Crippen LogP contribution in [0.4, 0.5) is 0 Å². The topological polar surface area (TPSA) is 82.6 Å². The standard InChI is InChI=1S/C22H32N4O2S/c1-17(2)20-11-7-18(8-12-20)6-5-15-25-22(23-3)26-16-19-9-13-21(14-10-19)29(27,28)24-4/h7-14,17,24H,5-6,15-16H2,1-4H3,(H2,23,25,26). The molecule has 0 spiro atoms. The molecule has 0 aliphatic carbocycles. The van der Waals surface area contributed by atoms with Gasteiger partial charge in [0.05, 0.1) is 4.90 Å². The molecule has 2 aromatic rings. The van der Waals surface area contributed by atoms with Crippen molar-refractivity contribution in [1.82, 2.24) is 15.4 Å². The summed E-state index contributed by atoms with van der Waals surface area (Å²) < 4.78 is 25.8. The van der Waals surface area contributed by atoms with Crippen LogP contribution in [0, 0.1) is 0 Å². The van der Waals surface area contributed by atoms with Crippen molar-refractivity contribution >= 4 is 16.0 Å². The lowest BCUT2D eigenvalue weighted by Crippen LogP contribution is -2.37. The lowest BCUT2D eigenvalue weighted by Gasteiger charge is -2.12. The van der Waals surface area contributed by atoms with Crippen molar-refractivity contribution < 1.29 is 8.42 Å². The molecule has 7 heteroatoms. The van der Waals surface area contributed by atoms with Gasteiger partial charge in [-0.2, -0.15) is 0 Å². The zero-order valence-electron chi connectivity index (χ0n) is 17.7. The maximum Gasteiger partial charge on any atom is 0.240 e. The lowest BCUT2D eigenvalue weighted by atomic mass is 10.0. The predicted octanol–water partition coefficient (Wildman–Crippen LogP) is 3.02. The van der Waals surface area contributed by atoms with Gasteiger partial charge in [0.25, 0.3) is 0 Å². The van der Waals surface area contributed by atoms with Gasteiger partial charge in [0.15, 0.2) is 5.96 Å². The zero-order valence-corrected chi connectivity index (χ0v) is 18.5. The molecule has 158 valence electrons. The minimum absolute atomic E-state index is 0.257. The molecule has 0 heterocycles. The Kier molecular flexibility index (Phi) is 8.67. The van der Waals surface area contributed by atoms with E-state index in [2.05, 4.69) is 58.5 Å². The second kappa shape index (κ2) is 11.0. The average Bonchev–Trinajstić information content (AvgIpc) is 2.74. The van der Waals surface area contributed by atoms with Crippen LogP contribution in [-0.2, 0) is 23.0 Å². The number of sulfonamides is 1. The Morgan fingerprint density at radius 2 is 1.59 bits per heavy atom. The smallest absolute Gasteiger partial charge is 0.240 e. The second-order valence-corrected chi connectivity index (χ2v) is 9.09. The molecule has 0 bridgehead atoms. The maximum absolute atomic E-state index is 11.8. The summed E-state index contributed by atoms with van der Waals surface area (Å²) in [7, 11) is -0.260. The summed E-state index contributed by atoms with van der Waals surface area (Å²) in [5.41, 5.74) is 3.69. The summed E-state index contributed by atoms with van der Waals surface area (Å²) in [6.45, 7) is 5.80. The molecule has 0 amide bonds. The van der Waals surface area contributed by atoms with Gasteiger partial charge < -0.3 is 10.6 Å². The third-order valence-corrected chi connectivity index (χ3v) is 6.20. The predicted molar refractivity (Wildman–Crippen MR) is 120 cm³/mol. The van der Waals surface area contributed by atoms with Crippen molar-refractivity contribution in [3.8, 4) is 0 Å². The zero-order chi connectivity index (χ0) is 21.3. The molecule has 0 unspecified atom stereocenters. The Hall–Kier alpha value is -2.38. The molecule has 3 N–H and O–H groups in total. The van der Waals surface area contributed by atoms with E-state index in [1.54, 1.807) is 31.3 Å². The molecule has 0 aliphatic rings. The van der Waals surface area contributed by atoms with Crippen LogP contribution in [0.3, 0.4) is 0 Å². The van der Waals surface area contributed by atoms with Gasteiger partial charge in [0.2, 0.25) is 10.0 Å². The van der Waals surface area contributed by atoms with Crippen molar-refractivity contribution in [1.29, 1.82) is 0 Å². The molecule has 0 aromatic heterocycles. The van der Waals surface area contributed by atoms with Gasteiger partial charge in [0, 0.05) is 20.1 Å². The van der Waals surface area contributed by atoms with Gasteiger partial charge in [-0.3, -0.25) is 4.99 Å². The summed E-state index contributed by atoms with van der Waals surface area (Å²) in [4.78, 5) is 4.49. The van der Waals surface area contributed by atoms with E-state index < -0.39 is 10.0 Å². The fourth-order valence-electron chi connectivity index (χ4n) is 2.88. The van der Waals surface area contributed by atoms with Gasteiger partial charge in [-0.15, -0.1) is 0 Å². The number of nitrogens with zero attached hydrogens (tertiary/aromatic N) is 1. The SMILES string of the molecule is CN=C(NCCCc1ccc(C(C)C)cc1)NCc1ccc(S(=O)(=O)NC)cc1. The number of hydrogen-bond acceptors (Lipinski definition) is 3. The summed E-state index contributed by atoms with van der Waals surface area (Å²) >= 11 is 0. The molecule has 0 saturated carbocycles. The minimum Gasteiger partial charge on any atom is -0.356 e. The monoisotopic (exact) mass is 416 g/mol. The van der Waals surface area contributed by atoms with Crippen molar-refractivity contribution in [3.63, 3.8) is 0 Å². The Labute approximate surface area is 174 Å². The first-order valence-corrected chi connectivity index (χ1v) is 11.4. The summed E-state index contributed by atoms with van der Waals surface area (Å²) in [5, 5.41) is 6.57. The summed E-state index contributed by atoms with van der Waals surface area (Å²) in [6.07, 6.45) is 2.03. The molecule has 6 nitrogen and oxygen atoms in total.